The maximum atomic E-state index is 13.1. The van der Waals surface area contributed by atoms with E-state index >= 15 is 0 Å². The van der Waals surface area contributed by atoms with Crippen LogP contribution in [0.1, 0.15) is 19.4 Å². The molecule has 2 aromatic rings. The number of nitrogens with zero attached hydrogens (tertiary/aromatic N) is 2. The first-order chi connectivity index (χ1) is 13.8. The molecule has 8 heteroatoms. The van der Waals surface area contributed by atoms with Crippen molar-refractivity contribution in [3.8, 4) is 5.75 Å². The highest BCUT2D eigenvalue weighted by molar-refractivity contribution is 6.48. The van der Waals surface area contributed by atoms with Crippen molar-refractivity contribution in [1.82, 2.24) is 9.80 Å². The average molecular weight is 460 g/mol. The van der Waals surface area contributed by atoms with Gasteiger partial charge >= 0.3 is 0 Å². The van der Waals surface area contributed by atoms with Gasteiger partial charge in [0.15, 0.2) is 6.61 Å². The fraction of sp³-hybridized carbons (Fsp3) is 0.381. The Bertz CT molecular complexity index is 879. The molecule has 1 aliphatic heterocycles. The van der Waals surface area contributed by atoms with Gasteiger partial charge in [0.1, 0.15) is 16.6 Å². The van der Waals surface area contributed by atoms with Crippen LogP contribution < -0.4 is 4.74 Å². The smallest absolute Gasteiger partial charge is 0.260 e. The quantitative estimate of drug-likeness (QED) is 0.570. The molecule has 4 nitrogen and oxygen atoms in total. The van der Waals surface area contributed by atoms with E-state index in [0.717, 1.165) is 12.1 Å². The van der Waals surface area contributed by atoms with Crippen LogP contribution in [0.15, 0.2) is 36.4 Å². The standard InChI is InChI=1S/C21H22Cl3FN2O2/c1-13-10-27(14(2)9-26(13)11-15-3-5-16(25)6-4-15)19(28)12-29-18-8-7-17(22)20(23)21(18)24/h3-8,13-14H,9-12H2,1-2H3/t13-,14+/m0/s1. The Morgan fingerprint density at radius 1 is 1.03 bits per heavy atom. The number of carbonyl (C=O) groups is 1. The topological polar surface area (TPSA) is 32.8 Å². The van der Waals surface area contributed by atoms with Gasteiger partial charge in [-0.05, 0) is 43.7 Å². The monoisotopic (exact) mass is 458 g/mol. The summed E-state index contributed by atoms with van der Waals surface area (Å²) in [6, 6.07) is 9.87. The third-order valence-electron chi connectivity index (χ3n) is 5.09. The van der Waals surface area contributed by atoms with E-state index in [-0.39, 0.29) is 40.5 Å². The maximum absolute atomic E-state index is 13.1. The minimum Gasteiger partial charge on any atom is -0.482 e. The van der Waals surface area contributed by atoms with E-state index in [1.165, 1.54) is 12.1 Å². The van der Waals surface area contributed by atoms with Crippen LogP contribution in [0.4, 0.5) is 4.39 Å². The number of piperazine rings is 1. The van der Waals surface area contributed by atoms with E-state index < -0.39 is 0 Å². The summed E-state index contributed by atoms with van der Waals surface area (Å²) in [5.41, 5.74) is 1.04. The van der Waals surface area contributed by atoms with E-state index in [1.54, 1.807) is 24.3 Å². The van der Waals surface area contributed by atoms with Crippen molar-refractivity contribution in [3.63, 3.8) is 0 Å². The first-order valence-corrected chi connectivity index (χ1v) is 10.4. The third kappa shape index (κ3) is 5.34. The average Bonchev–Trinajstić information content (AvgIpc) is 2.69. The van der Waals surface area contributed by atoms with Crippen molar-refractivity contribution >= 4 is 40.7 Å². The molecule has 156 valence electrons. The number of halogens is 4. The van der Waals surface area contributed by atoms with Gasteiger partial charge in [0.25, 0.3) is 5.91 Å². The van der Waals surface area contributed by atoms with Crippen molar-refractivity contribution in [2.45, 2.75) is 32.5 Å². The lowest BCUT2D eigenvalue weighted by Gasteiger charge is -2.44. The largest absolute Gasteiger partial charge is 0.482 e. The van der Waals surface area contributed by atoms with Crippen LogP contribution >= 0.6 is 34.8 Å². The predicted molar refractivity (Wildman–Crippen MR) is 114 cm³/mol. The number of hydrogen-bond donors (Lipinski definition) is 0. The first kappa shape index (κ1) is 22.2. The molecule has 0 saturated carbocycles. The lowest BCUT2D eigenvalue weighted by Crippen LogP contribution is -2.58. The van der Waals surface area contributed by atoms with Crippen molar-refractivity contribution in [2.75, 3.05) is 19.7 Å². The molecule has 0 bridgehead atoms. The molecule has 3 rings (SSSR count). The molecule has 1 saturated heterocycles. The van der Waals surface area contributed by atoms with Crippen LogP contribution in [0.2, 0.25) is 15.1 Å². The van der Waals surface area contributed by atoms with Gasteiger partial charge in [-0.2, -0.15) is 0 Å². The third-order valence-corrected chi connectivity index (χ3v) is 6.36. The summed E-state index contributed by atoms with van der Waals surface area (Å²) in [5, 5.41) is 0.724. The van der Waals surface area contributed by atoms with Gasteiger partial charge in [0.05, 0.1) is 10.0 Å². The molecule has 1 fully saturated rings. The van der Waals surface area contributed by atoms with Crippen LogP contribution in [0.3, 0.4) is 0 Å². The van der Waals surface area contributed by atoms with E-state index in [0.29, 0.717) is 23.9 Å². The normalized spacial score (nSPS) is 20.0. The number of rotatable bonds is 5. The molecule has 0 radical (unpaired) electrons. The Balaban J connectivity index is 1.58. The number of ether oxygens (including phenoxy) is 1. The zero-order valence-electron chi connectivity index (χ0n) is 16.2. The van der Waals surface area contributed by atoms with E-state index in [1.807, 2.05) is 11.8 Å². The minimum absolute atomic E-state index is 0.0204. The summed E-state index contributed by atoms with van der Waals surface area (Å²) in [7, 11) is 0. The summed E-state index contributed by atoms with van der Waals surface area (Å²) in [5.74, 6) is -0.0364. The van der Waals surface area contributed by atoms with Crippen molar-refractivity contribution in [3.05, 3.63) is 62.8 Å². The van der Waals surface area contributed by atoms with E-state index in [4.69, 9.17) is 39.5 Å². The Morgan fingerprint density at radius 2 is 1.72 bits per heavy atom. The number of hydrogen-bond acceptors (Lipinski definition) is 3. The molecule has 0 spiro atoms. The second kappa shape index (κ2) is 9.52. The molecular weight excluding hydrogens is 438 g/mol. The minimum atomic E-state index is -0.243. The molecule has 1 aliphatic rings. The van der Waals surface area contributed by atoms with E-state index in [9.17, 15) is 9.18 Å². The molecule has 0 N–H and O–H groups in total. The van der Waals surface area contributed by atoms with Gasteiger partial charge < -0.3 is 9.64 Å². The highest BCUT2D eigenvalue weighted by Gasteiger charge is 2.32. The molecule has 29 heavy (non-hydrogen) atoms. The van der Waals surface area contributed by atoms with Gasteiger partial charge in [-0.25, -0.2) is 4.39 Å². The maximum Gasteiger partial charge on any atom is 0.260 e. The molecule has 2 aromatic carbocycles. The SMILES string of the molecule is C[C@@H]1CN(Cc2ccc(F)cc2)[C@@H](C)CN1C(=O)COc1ccc(Cl)c(Cl)c1Cl. The molecular formula is C21H22Cl3FN2O2. The Kier molecular flexibility index (Phi) is 7.28. The number of carbonyl (C=O) groups excluding carboxylic acids is 1. The zero-order valence-corrected chi connectivity index (χ0v) is 18.4. The zero-order chi connectivity index (χ0) is 21.1. The lowest BCUT2D eigenvalue weighted by molar-refractivity contribution is -0.139. The fourth-order valence-corrected chi connectivity index (χ4v) is 4.01. The molecule has 0 aliphatic carbocycles. The van der Waals surface area contributed by atoms with Crippen molar-refractivity contribution in [2.24, 2.45) is 0 Å². The summed E-state index contributed by atoms with van der Waals surface area (Å²) in [6.07, 6.45) is 0. The van der Waals surface area contributed by atoms with Crippen LogP contribution in [-0.4, -0.2) is 47.5 Å². The van der Waals surface area contributed by atoms with Crippen molar-refractivity contribution in [1.29, 1.82) is 0 Å². The molecule has 0 aromatic heterocycles. The highest BCUT2D eigenvalue weighted by Crippen LogP contribution is 2.37. The molecule has 1 amide bonds. The van der Waals surface area contributed by atoms with Crippen LogP contribution in [0, 0.1) is 5.82 Å². The summed E-state index contributed by atoms with van der Waals surface area (Å²) >= 11 is 18.1. The van der Waals surface area contributed by atoms with Gasteiger partial charge in [-0.3, -0.25) is 9.69 Å². The fourth-order valence-electron chi connectivity index (χ4n) is 3.43. The number of amides is 1. The van der Waals surface area contributed by atoms with Crippen LogP contribution in [-0.2, 0) is 11.3 Å². The lowest BCUT2D eigenvalue weighted by atomic mass is 10.1. The Morgan fingerprint density at radius 3 is 2.41 bits per heavy atom. The molecule has 0 unspecified atom stereocenters. The summed E-state index contributed by atoms with van der Waals surface area (Å²) < 4.78 is 18.7. The second-order valence-corrected chi connectivity index (χ2v) is 8.43. The van der Waals surface area contributed by atoms with Gasteiger partial charge in [-0.1, -0.05) is 46.9 Å². The summed E-state index contributed by atoms with van der Waals surface area (Å²) in [6.45, 7) is 5.97. The highest BCUT2D eigenvalue weighted by atomic mass is 35.5. The van der Waals surface area contributed by atoms with Gasteiger partial charge in [0, 0.05) is 31.7 Å². The second-order valence-electron chi connectivity index (χ2n) is 7.26. The van der Waals surface area contributed by atoms with Crippen LogP contribution in [0.5, 0.6) is 5.75 Å². The van der Waals surface area contributed by atoms with Gasteiger partial charge in [0.2, 0.25) is 0 Å². The van der Waals surface area contributed by atoms with E-state index in [2.05, 4.69) is 11.8 Å². The first-order valence-electron chi connectivity index (χ1n) is 9.30. The molecule has 2 atom stereocenters. The molecule has 1 heterocycles. The van der Waals surface area contributed by atoms with Gasteiger partial charge in [-0.15, -0.1) is 0 Å². The predicted octanol–water partition coefficient (Wildman–Crippen LogP) is 5.29. The van der Waals surface area contributed by atoms with Crippen LogP contribution in [0.25, 0.3) is 0 Å². The Hall–Kier alpha value is -1.53. The summed E-state index contributed by atoms with van der Waals surface area (Å²) in [4.78, 5) is 16.8. The Labute approximate surface area is 185 Å². The number of benzene rings is 2. The van der Waals surface area contributed by atoms with Crippen molar-refractivity contribution < 1.29 is 13.9 Å².